The summed E-state index contributed by atoms with van der Waals surface area (Å²) in [6.45, 7) is 0. The fourth-order valence-electron chi connectivity index (χ4n) is 2.21. The number of halogens is 1. The van der Waals surface area contributed by atoms with Crippen molar-refractivity contribution in [1.82, 2.24) is 4.98 Å². The summed E-state index contributed by atoms with van der Waals surface area (Å²) in [6.07, 6.45) is 1.68. The van der Waals surface area contributed by atoms with E-state index in [0.29, 0.717) is 5.69 Å². The number of hydrogen-bond donors (Lipinski definition) is 1. The van der Waals surface area contributed by atoms with Gasteiger partial charge in [0.05, 0.1) is 4.92 Å². The first-order valence-electron chi connectivity index (χ1n) is 7.40. The number of benzene rings is 2. The van der Waals surface area contributed by atoms with Crippen molar-refractivity contribution in [3.8, 4) is 0 Å². The Morgan fingerprint density at radius 3 is 2.69 bits per heavy atom. The lowest BCUT2D eigenvalue weighted by molar-refractivity contribution is -0.384. The molecule has 132 valence electrons. The molecule has 9 heteroatoms. The fraction of sp³-hybridized carbons (Fsp3) is 0.0588. The van der Waals surface area contributed by atoms with Crippen molar-refractivity contribution in [3.63, 3.8) is 0 Å². The molecular formula is C17H12ClN3O3S2. The molecule has 0 saturated heterocycles. The second-order valence-electron chi connectivity index (χ2n) is 5.12. The predicted molar refractivity (Wildman–Crippen MR) is 104 cm³/mol. The Bertz CT molecular complexity index is 920. The lowest BCUT2D eigenvalue weighted by Gasteiger charge is -2.16. The molecule has 1 N–H and O–H groups in total. The maximum atomic E-state index is 12.8. The first kappa shape index (κ1) is 18.4. The molecule has 1 atom stereocenters. The van der Waals surface area contributed by atoms with Gasteiger partial charge < -0.3 is 5.32 Å². The lowest BCUT2D eigenvalue weighted by atomic mass is 10.1. The number of nitro groups is 1. The zero-order chi connectivity index (χ0) is 18.5. The van der Waals surface area contributed by atoms with Crippen molar-refractivity contribution in [3.05, 3.63) is 80.8 Å². The molecule has 0 fully saturated rings. The number of carbonyl (C=O) groups is 1. The quantitative estimate of drug-likeness (QED) is 0.347. The Labute approximate surface area is 162 Å². The highest BCUT2D eigenvalue weighted by Gasteiger charge is 2.24. The monoisotopic (exact) mass is 405 g/mol. The normalized spacial score (nSPS) is 11.7. The van der Waals surface area contributed by atoms with Gasteiger partial charge >= 0.3 is 0 Å². The predicted octanol–water partition coefficient (Wildman–Crippen LogP) is 5.18. The van der Waals surface area contributed by atoms with Crippen LogP contribution in [0.25, 0.3) is 0 Å². The van der Waals surface area contributed by atoms with Crippen molar-refractivity contribution in [2.45, 2.75) is 9.59 Å². The van der Waals surface area contributed by atoms with Crippen LogP contribution in [0.4, 0.5) is 11.4 Å². The van der Waals surface area contributed by atoms with E-state index in [0.717, 1.165) is 9.90 Å². The summed E-state index contributed by atoms with van der Waals surface area (Å²) >= 11 is 8.58. The number of aromatic nitrogens is 1. The molecule has 3 rings (SSSR count). The van der Waals surface area contributed by atoms with Gasteiger partial charge in [-0.05, 0) is 17.7 Å². The SMILES string of the molecule is O=C(Nc1ccc(Cl)c([N+](=O)[O-])c1)C(Sc1nccs1)c1ccccc1. The molecule has 0 bridgehead atoms. The Kier molecular flexibility index (Phi) is 5.87. The summed E-state index contributed by atoms with van der Waals surface area (Å²) in [5.74, 6) is -0.298. The topological polar surface area (TPSA) is 85.1 Å². The molecule has 3 aromatic rings. The van der Waals surface area contributed by atoms with Gasteiger partial charge in [0.1, 0.15) is 10.3 Å². The van der Waals surface area contributed by atoms with E-state index in [2.05, 4.69) is 10.3 Å². The molecule has 0 aliphatic heterocycles. The van der Waals surface area contributed by atoms with E-state index >= 15 is 0 Å². The Morgan fingerprint density at radius 1 is 1.27 bits per heavy atom. The Balaban J connectivity index is 1.86. The number of carbonyl (C=O) groups excluding carboxylic acids is 1. The molecular weight excluding hydrogens is 394 g/mol. The van der Waals surface area contributed by atoms with Crippen molar-refractivity contribution in [2.75, 3.05) is 5.32 Å². The minimum atomic E-state index is -0.586. The molecule has 1 unspecified atom stereocenters. The van der Waals surface area contributed by atoms with Crippen LogP contribution in [0.3, 0.4) is 0 Å². The van der Waals surface area contributed by atoms with Crippen LogP contribution in [0.15, 0.2) is 64.4 Å². The van der Waals surface area contributed by atoms with E-state index < -0.39 is 10.2 Å². The van der Waals surface area contributed by atoms with Gasteiger partial charge in [-0.25, -0.2) is 4.98 Å². The molecule has 0 radical (unpaired) electrons. The van der Waals surface area contributed by atoms with Crippen molar-refractivity contribution in [1.29, 1.82) is 0 Å². The number of thiazole rings is 1. The number of anilines is 1. The summed E-state index contributed by atoms with van der Waals surface area (Å²) < 4.78 is 0.760. The van der Waals surface area contributed by atoms with Crippen molar-refractivity contribution in [2.24, 2.45) is 0 Å². The number of nitrogens with zero attached hydrogens (tertiary/aromatic N) is 2. The zero-order valence-corrected chi connectivity index (χ0v) is 15.6. The molecule has 1 amide bonds. The molecule has 26 heavy (non-hydrogen) atoms. The third-order valence-corrected chi connectivity index (χ3v) is 5.87. The number of thioether (sulfide) groups is 1. The maximum absolute atomic E-state index is 12.8. The maximum Gasteiger partial charge on any atom is 0.289 e. The lowest BCUT2D eigenvalue weighted by Crippen LogP contribution is -2.19. The van der Waals surface area contributed by atoms with E-state index in [-0.39, 0.29) is 16.6 Å². The number of amides is 1. The van der Waals surface area contributed by atoms with E-state index in [1.165, 1.54) is 41.3 Å². The van der Waals surface area contributed by atoms with Gasteiger partial charge in [0, 0.05) is 23.3 Å². The summed E-state index contributed by atoms with van der Waals surface area (Å²) in [5.41, 5.74) is 0.869. The summed E-state index contributed by atoms with van der Waals surface area (Å²) in [6, 6.07) is 13.5. The van der Waals surface area contributed by atoms with Crippen LogP contribution in [-0.4, -0.2) is 15.8 Å². The van der Waals surface area contributed by atoms with Crippen LogP contribution < -0.4 is 5.32 Å². The third-order valence-electron chi connectivity index (χ3n) is 3.38. The first-order chi connectivity index (χ1) is 12.5. The second-order valence-corrected chi connectivity index (χ2v) is 7.77. The molecule has 0 aliphatic carbocycles. The standard InChI is InChI=1S/C17H12ClN3O3S2/c18-13-7-6-12(10-14(13)21(23)24)20-16(22)15(11-4-2-1-3-5-11)26-17-19-8-9-25-17/h1-10,15H,(H,20,22). The van der Waals surface area contributed by atoms with Crippen LogP contribution in [0.5, 0.6) is 0 Å². The van der Waals surface area contributed by atoms with Crippen LogP contribution in [0.1, 0.15) is 10.8 Å². The molecule has 1 heterocycles. The van der Waals surface area contributed by atoms with Gasteiger partial charge in [-0.3, -0.25) is 14.9 Å². The minimum absolute atomic E-state index is 0.0183. The smallest absolute Gasteiger partial charge is 0.289 e. The molecule has 0 spiro atoms. The summed E-state index contributed by atoms with van der Waals surface area (Å²) in [5, 5.41) is 15.1. The highest BCUT2D eigenvalue weighted by Crippen LogP contribution is 2.37. The first-order valence-corrected chi connectivity index (χ1v) is 9.54. The number of hydrogen-bond acceptors (Lipinski definition) is 6. The van der Waals surface area contributed by atoms with Crippen molar-refractivity contribution < 1.29 is 9.72 Å². The minimum Gasteiger partial charge on any atom is -0.325 e. The van der Waals surface area contributed by atoms with Gasteiger partial charge in [0.25, 0.3) is 5.69 Å². The fourth-order valence-corrected chi connectivity index (χ4v) is 4.21. The van der Waals surface area contributed by atoms with E-state index in [1.54, 1.807) is 6.20 Å². The second kappa shape index (κ2) is 8.31. The van der Waals surface area contributed by atoms with Gasteiger partial charge in [-0.1, -0.05) is 53.7 Å². The number of rotatable bonds is 6. The van der Waals surface area contributed by atoms with Crippen LogP contribution in [-0.2, 0) is 4.79 Å². The largest absolute Gasteiger partial charge is 0.325 e. The van der Waals surface area contributed by atoms with E-state index in [1.807, 2.05) is 35.7 Å². The van der Waals surface area contributed by atoms with Crippen molar-refractivity contribution >= 4 is 52.0 Å². The molecule has 0 aliphatic rings. The Morgan fingerprint density at radius 2 is 2.04 bits per heavy atom. The van der Waals surface area contributed by atoms with Crippen LogP contribution >= 0.6 is 34.7 Å². The summed E-state index contributed by atoms with van der Waals surface area (Å²) in [7, 11) is 0. The molecule has 2 aromatic carbocycles. The third kappa shape index (κ3) is 4.40. The molecule has 1 aromatic heterocycles. The van der Waals surface area contributed by atoms with Crippen LogP contribution in [0.2, 0.25) is 5.02 Å². The number of nitrogens with one attached hydrogen (secondary N) is 1. The molecule has 0 saturated carbocycles. The van der Waals surface area contributed by atoms with Gasteiger partial charge in [-0.15, -0.1) is 11.3 Å². The van der Waals surface area contributed by atoms with E-state index in [9.17, 15) is 14.9 Å². The average Bonchev–Trinajstić information content (AvgIpc) is 3.15. The van der Waals surface area contributed by atoms with Gasteiger partial charge in [-0.2, -0.15) is 0 Å². The average molecular weight is 406 g/mol. The van der Waals surface area contributed by atoms with E-state index in [4.69, 9.17) is 11.6 Å². The van der Waals surface area contributed by atoms with Gasteiger partial charge in [0.15, 0.2) is 4.34 Å². The van der Waals surface area contributed by atoms with Gasteiger partial charge in [0.2, 0.25) is 5.91 Å². The highest BCUT2D eigenvalue weighted by atomic mass is 35.5. The number of nitro benzene ring substituents is 1. The highest BCUT2D eigenvalue weighted by molar-refractivity contribution is 8.01. The Hall–Kier alpha value is -2.42. The zero-order valence-electron chi connectivity index (χ0n) is 13.2. The van der Waals surface area contributed by atoms with Crippen LogP contribution in [0, 0.1) is 10.1 Å². The molecule has 6 nitrogen and oxygen atoms in total. The summed E-state index contributed by atoms with van der Waals surface area (Å²) in [4.78, 5) is 27.5.